The van der Waals surface area contributed by atoms with Crippen molar-refractivity contribution in [1.29, 1.82) is 0 Å². The van der Waals surface area contributed by atoms with Crippen LogP contribution in [0, 0.1) is 12.2 Å². The average Bonchev–Trinajstić information content (AvgIpc) is 2.63. The van der Waals surface area contributed by atoms with Crippen molar-refractivity contribution in [2.75, 3.05) is 0 Å². The van der Waals surface area contributed by atoms with E-state index in [1.807, 2.05) is 0 Å². The number of allylic oxidation sites excluding steroid dienone is 8. The minimum absolute atomic E-state index is 0. The van der Waals surface area contributed by atoms with E-state index in [2.05, 4.69) is 52.0 Å². The molecule has 0 N–H and O–H groups in total. The van der Waals surface area contributed by atoms with Crippen LogP contribution in [-0.2, 0) is 26.2 Å². The Morgan fingerprint density at radius 3 is 1.20 bits per heavy atom. The van der Waals surface area contributed by atoms with Crippen LogP contribution in [0.1, 0.15) is 40.5 Å². The van der Waals surface area contributed by atoms with E-state index in [-0.39, 0.29) is 26.2 Å². The molecule has 0 radical (unpaired) electrons. The van der Waals surface area contributed by atoms with Crippen LogP contribution in [0.5, 0.6) is 0 Å². The van der Waals surface area contributed by atoms with Gasteiger partial charge in [-0.15, -0.1) is 0 Å². The van der Waals surface area contributed by atoms with Crippen molar-refractivity contribution in [3.8, 4) is 0 Å². The standard InChI is InChI=1S/2C7H9.Zr/c2*1-6-3-4-7(2)5-6;/h2*3H,4H2,1-2H3;/q2*-1;+2. The number of rotatable bonds is 0. The van der Waals surface area contributed by atoms with E-state index in [0.29, 0.717) is 0 Å². The van der Waals surface area contributed by atoms with Crippen LogP contribution in [0.3, 0.4) is 0 Å². The third-order valence-electron chi connectivity index (χ3n) is 2.25. The molecular formula is C14H18Zr. The molecule has 0 saturated carbocycles. The average molecular weight is 278 g/mol. The Balaban J connectivity index is 0.000000245. The molecule has 2 rings (SSSR count). The molecule has 1 heteroatoms. The van der Waals surface area contributed by atoms with Crippen LogP contribution >= 0.6 is 0 Å². The van der Waals surface area contributed by atoms with Gasteiger partial charge in [-0.25, -0.2) is 23.3 Å². The molecular weight excluding hydrogens is 259 g/mol. The van der Waals surface area contributed by atoms with Gasteiger partial charge in [0, 0.05) is 0 Å². The summed E-state index contributed by atoms with van der Waals surface area (Å²) in [4.78, 5) is 0. The maximum Gasteiger partial charge on any atom is 2.00 e. The maximum absolute atomic E-state index is 3.19. The van der Waals surface area contributed by atoms with Gasteiger partial charge in [-0.2, -0.15) is 11.1 Å². The molecule has 0 nitrogen and oxygen atoms in total. The van der Waals surface area contributed by atoms with E-state index >= 15 is 0 Å². The van der Waals surface area contributed by atoms with Gasteiger partial charge in [-0.1, -0.05) is 40.5 Å². The van der Waals surface area contributed by atoms with E-state index in [4.69, 9.17) is 0 Å². The van der Waals surface area contributed by atoms with Crippen molar-refractivity contribution in [2.45, 2.75) is 40.5 Å². The van der Waals surface area contributed by atoms with Crippen molar-refractivity contribution >= 4 is 0 Å². The zero-order valence-corrected chi connectivity index (χ0v) is 12.5. The quantitative estimate of drug-likeness (QED) is 0.583. The second-order valence-corrected chi connectivity index (χ2v) is 3.99. The predicted molar refractivity (Wildman–Crippen MR) is 61.6 cm³/mol. The van der Waals surface area contributed by atoms with E-state index in [1.165, 1.54) is 22.3 Å². The summed E-state index contributed by atoms with van der Waals surface area (Å²) < 4.78 is 0. The van der Waals surface area contributed by atoms with Crippen LogP contribution in [-0.4, -0.2) is 0 Å². The summed E-state index contributed by atoms with van der Waals surface area (Å²) in [5.74, 6) is 0. The summed E-state index contributed by atoms with van der Waals surface area (Å²) in [7, 11) is 0. The van der Waals surface area contributed by atoms with E-state index in [0.717, 1.165) is 12.8 Å². The molecule has 2 aliphatic rings. The normalized spacial score (nSPS) is 17.9. The number of hydrogen-bond acceptors (Lipinski definition) is 0. The van der Waals surface area contributed by atoms with Crippen LogP contribution in [0.25, 0.3) is 0 Å². The van der Waals surface area contributed by atoms with Crippen molar-refractivity contribution in [2.24, 2.45) is 0 Å². The van der Waals surface area contributed by atoms with Gasteiger partial charge in [0.15, 0.2) is 0 Å². The summed E-state index contributed by atoms with van der Waals surface area (Å²) in [6, 6.07) is 0. The number of hydrogen-bond donors (Lipinski definition) is 0. The molecule has 0 fully saturated rings. The summed E-state index contributed by atoms with van der Waals surface area (Å²) >= 11 is 0. The third-order valence-corrected chi connectivity index (χ3v) is 2.25. The fourth-order valence-corrected chi connectivity index (χ4v) is 1.49. The SMILES string of the molecule is CC1=[C-]C(C)=CC1.CC1=[C-]C(C)=CC1.[Zr+2]. The van der Waals surface area contributed by atoms with Crippen molar-refractivity contribution < 1.29 is 26.2 Å². The van der Waals surface area contributed by atoms with Gasteiger partial charge in [0.25, 0.3) is 0 Å². The van der Waals surface area contributed by atoms with E-state index < -0.39 is 0 Å². The van der Waals surface area contributed by atoms with Gasteiger partial charge >= 0.3 is 26.2 Å². The first-order valence-electron chi connectivity index (χ1n) is 5.10. The fourth-order valence-electron chi connectivity index (χ4n) is 1.49. The Morgan fingerprint density at radius 1 is 0.800 bits per heavy atom. The first-order chi connectivity index (χ1) is 6.58. The first kappa shape index (κ1) is 14.8. The van der Waals surface area contributed by atoms with Crippen molar-refractivity contribution in [1.82, 2.24) is 0 Å². The zero-order chi connectivity index (χ0) is 10.6. The van der Waals surface area contributed by atoms with Gasteiger partial charge in [0.2, 0.25) is 0 Å². The van der Waals surface area contributed by atoms with Gasteiger partial charge in [0.05, 0.1) is 0 Å². The van der Waals surface area contributed by atoms with Gasteiger partial charge in [-0.05, 0) is 0 Å². The Morgan fingerprint density at radius 2 is 1.13 bits per heavy atom. The fraction of sp³-hybridized carbons (Fsp3) is 0.429. The van der Waals surface area contributed by atoms with E-state index in [9.17, 15) is 0 Å². The Labute approximate surface area is 113 Å². The molecule has 0 heterocycles. The molecule has 0 amide bonds. The van der Waals surface area contributed by atoms with Crippen LogP contribution < -0.4 is 0 Å². The molecule has 0 aromatic heterocycles. The minimum Gasteiger partial charge on any atom is -0.250 e. The van der Waals surface area contributed by atoms with Crippen molar-refractivity contribution in [3.05, 3.63) is 46.6 Å². The minimum atomic E-state index is 0. The molecule has 0 atom stereocenters. The summed E-state index contributed by atoms with van der Waals surface area (Å²) in [6.07, 6.45) is 13.0. The van der Waals surface area contributed by atoms with Gasteiger partial charge in [-0.3, -0.25) is 12.2 Å². The Bertz CT molecular complexity index is 293. The Kier molecular flexibility index (Phi) is 7.10. The summed E-state index contributed by atoms with van der Waals surface area (Å²) in [6.45, 7) is 8.37. The molecule has 0 aromatic rings. The zero-order valence-electron chi connectivity index (χ0n) is 10.1. The summed E-state index contributed by atoms with van der Waals surface area (Å²) in [5, 5.41) is 0. The van der Waals surface area contributed by atoms with Crippen LogP contribution in [0.15, 0.2) is 34.4 Å². The largest absolute Gasteiger partial charge is 2.00 e. The van der Waals surface area contributed by atoms with Crippen molar-refractivity contribution in [3.63, 3.8) is 0 Å². The van der Waals surface area contributed by atoms with Gasteiger partial charge < -0.3 is 0 Å². The molecule has 0 bridgehead atoms. The van der Waals surface area contributed by atoms with Crippen LogP contribution in [0.2, 0.25) is 0 Å². The predicted octanol–water partition coefficient (Wildman–Crippen LogP) is 4.17. The molecule has 15 heavy (non-hydrogen) atoms. The molecule has 78 valence electrons. The summed E-state index contributed by atoms with van der Waals surface area (Å²) in [5.41, 5.74) is 5.30. The smallest absolute Gasteiger partial charge is 0.250 e. The second-order valence-electron chi connectivity index (χ2n) is 3.99. The second kappa shape index (κ2) is 7.17. The maximum atomic E-state index is 3.19. The first-order valence-corrected chi connectivity index (χ1v) is 5.10. The molecule has 0 aromatic carbocycles. The molecule has 0 aliphatic heterocycles. The Hall–Kier alpha value is -0.157. The molecule has 2 aliphatic carbocycles. The molecule has 0 unspecified atom stereocenters. The van der Waals surface area contributed by atoms with Crippen LogP contribution in [0.4, 0.5) is 0 Å². The molecule has 0 spiro atoms. The molecule has 0 saturated heterocycles. The van der Waals surface area contributed by atoms with Gasteiger partial charge in [0.1, 0.15) is 0 Å². The van der Waals surface area contributed by atoms with E-state index in [1.54, 1.807) is 0 Å². The monoisotopic (exact) mass is 276 g/mol. The topological polar surface area (TPSA) is 0 Å². The third kappa shape index (κ3) is 6.10.